The number of aromatic carboxylic acids is 1. The van der Waals surface area contributed by atoms with E-state index in [1.807, 2.05) is 6.92 Å². The van der Waals surface area contributed by atoms with Gasteiger partial charge in [-0.3, -0.25) is 4.79 Å². The lowest BCUT2D eigenvalue weighted by atomic mass is 9.64. The molecule has 0 saturated heterocycles. The number of halogens is 1. The standard InChI is InChI=1S/C14H16BFO5/c1-2-3-11(17)6-9-4-8-5-10(16)7-12(14(18)19)13(8)21-15(9)20/h5,7,9,20H,2-4,6H2,1H3,(H,18,19)/t9-/m1/s1. The summed E-state index contributed by atoms with van der Waals surface area (Å²) < 4.78 is 18.7. The molecule has 1 atom stereocenters. The predicted molar refractivity (Wildman–Crippen MR) is 73.9 cm³/mol. The Labute approximate surface area is 121 Å². The van der Waals surface area contributed by atoms with Crippen molar-refractivity contribution >= 4 is 18.9 Å². The molecule has 5 nitrogen and oxygen atoms in total. The fraction of sp³-hybridized carbons (Fsp3) is 0.429. The molecule has 0 spiro atoms. The van der Waals surface area contributed by atoms with Crippen LogP contribution in [0.25, 0.3) is 0 Å². The normalized spacial score (nSPS) is 17.1. The highest BCUT2D eigenvalue weighted by molar-refractivity contribution is 6.47. The summed E-state index contributed by atoms with van der Waals surface area (Å²) >= 11 is 0. The molecule has 1 heterocycles. The predicted octanol–water partition coefficient (Wildman–Crippen LogP) is 2.07. The van der Waals surface area contributed by atoms with E-state index in [-0.39, 0.29) is 29.9 Å². The fourth-order valence-electron chi connectivity index (χ4n) is 2.55. The Morgan fingerprint density at radius 2 is 2.19 bits per heavy atom. The maximum atomic E-state index is 13.5. The van der Waals surface area contributed by atoms with Crippen LogP contribution in [-0.4, -0.2) is 29.0 Å². The second-order valence-corrected chi connectivity index (χ2v) is 5.21. The maximum absolute atomic E-state index is 13.5. The van der Waals surface area contributed by atoms with E-state index in [2.05, 4.69) is 0 Å². The molecular formula is C14H16BFO5. The molecule has 2 rings (SSSR count). The molecule has 0 radical (unpaired) electrons. The molecule has 112 valence electrons. The summed E-state index contributed by atoms with van der Waals surface area (Å²) in [5.41, 5.74) is 0.0504. The van der Waals surface area contributed by atoms with Gasteiger partial charge in [-0.15, -0.1) is 0 Å². The van der Waals surface area contributed by atoms with Crippen molar-refractivity contribution in [1.29, 1.82) is 0 Å². The van der Waals surface area contributed by atoms with Crippen LogP contribution in [0.1, 0.15) is 42.1 Å². The Morgan fingerprint density at radius 3 is 2.81 bits per heavy atom. The second kappa shape index (κ2) is 6.26. The largest absolute Gasteiger partial charge is 0.535 e. The third-order valence-corrected chi connectivity index (χ3v) is 3.50. The van der Waals surface area contributed by atoms with Gasteiger partial charge in [0, 0.05) is 18.7 Å². The summed E-state index contributed by atoms with van der Waals surface area (Å²) in [7, 11) is -1.26. The molecule has 2 N–H and O–H groups in total. The van der Waals surface area contributed by atoms with E-state index in [0.717, 1.165) is 12.5 Å². The Kier molecular flexibility index (Phi) is 4.62. The lowest BCUT2D eigenvalue weighted by molar-refractivity contribution is -0.119. The van der Waals surface area contributed by atoms with Crippen LogP contribution in [0.5, 0.6) is 5.75 Å². The van der Waals surface area contributed by atoms with Crippen LogP contribution in [0, 0.1) is 5.82 Å². The van der Waals surface area contributed by atoms with E-state index in [9.17, 15) is 19.0 Å². The smallest absolute Gasteiger partial charge is 0.526 e. The Morgan fingerprint density at radius 1 is 1.48 bits per heavy atom. The van der Waals surface area contributed by atoms with Crippen molar-refractivity contribution in [1.82, 2.24) is 0 Å². The molecule has 0 saturated carbocycles. The number of fused-ring (bicyclic) bond motifs is 1. The Hall–Kier alpha value is -1.89. The molecule has 21 heavy (non-hydrogen) atoms. The highest BCUT2D eigenvalue weighted by Crippen LogP contribution is 2.37. The SMILES string of the molecule is CCCC(=O)C[C@H]1Cc2cc(F)cc(C(=O)O)c2OB1O. The second-order valence-electron chi connectivity index (χ2n) is 5.21. The Balaban J connectivity index is 2.26. The lowest BCUT2D eigenvalue weighted by Crippen LogP contribution is -2.36. The number of carbonyl (C=O) groups is 2. The highest BCUT2D eigenvalue weighted by Gasteiger charge is 2.38. The van der Waals surface area contributed by atoms with Gasteiger partial charge in [0.1, 0.15) is 22.9 Å². The molecule has 1 aliphatic rings. The van der Waals surface area contributed by atoms with Crippen LogP contribution in [0.3, 0.4) is 0 Å². The van der Waals surface area contributed by atoms with E-state index in [1.165, 1.54) is 6.07 Å². The molecule has 0 bridgehead atoms. The average molecular weight is 294 g/mol. The van der Waals surface area contributed by atoms with E-state index in [4.69, 9.17) is 9.76 Å². The van der Waals surface area contributed by atoms with E-state index >= 15 is 0 Å². The van der Waals surface area contributed by atoms with Crippen molar-refractivity contribution in [2.24, 2.45) is 0 Å². The number of carboxylic acids is 1. The number of carboxylic acid groups (broad SMARTS) is 1. The molecule has 1 aromatic carbocycles. The molecule has 1 aromatic rings. The van der Waals surface area contributed by atoms with E-state index in [1.54, 1.807) is 0 Å². The van der Waals surface area contributed by atoms with Gasteiger partial charge in [-0.1, -0.05) is 6.92 Å². The summed E-state index contributed by atoms with van der Waals surface area (Å²) in [6.45, 7) is 1.88. The first-order valence-corrected chi connectivity index (χ1v) is 6.84. The minimum Gasteiger partial charge on any atom is -0.535 e. The number of hydrogen-bond donors (Lipinski definition) is 2. The third-order valence-electron chi connectivity index (χ3n) is 3.50. The number of benzene rings is 1. The zero-order valence-corrected chi connectivity index (χ0v) is 11.6. The summed E-state index contributed by atoms with van der Waals surface area (Å²) in [5.74, 6) is -2.50. The molecule has 0 aliphatic carbocycles. The monoisotopic (exact) mass is 294 g/mol. The van der Waals surface area contributed by atoms with Crippen molar-refractivity contribution < 1.29 is 28.8 Å². The van der Waals surface area contributed by atoms with Crippen LogP contribution in [0.2, 0.25) is 5.82 Å². The van der Waals surface area contributed by atoms with Gasteiger partial charge in [-0.25, -0.2) is 9.18 Å². The fourth-order valence-corrected chi connectivity index (χ4v) is 2.55. The first-order valence-electron chi connectivity index (χ1n) is 6.84. The summed E-state index contributed by atoms with van der Waals surface area (Å²) in [4.78, 5) is 22.8. The van der Waals surface area contributed by atoms with Crippen molar-refractivity contribution in [3.63, 3.8) is 0 Å². The van der Waals surface area contributed by atoms with Gasteiger partial charge in [0.05, 0.1) is 0 Å². The third kappa shape index (κ3) is 3.42. The average Bonchev–Trinajstić information content (AvgIpc) is 2.39. The van der Waals surface area contributed by atoms with Gasteiger partial charge in [0.25, 0.3) is 0 Å². The minimum absolute atomic E-state index is 0.00320. The molecule has 1 aliphatic heterocycles. The molecular weight excluding hydrogens is 278 g/mol. The van der Waals surface area contributed by atoms with Gasteiger partial charge in [-0.05, 0) is 30.5 Å². The van der Waals surface area contributed by atoms with Crippen LogP contribution >= 0.6 is 0 Å². The van der Waals surface area contributed by atoms with Crippen LogP contribution in [0.15, 0.2) is 12.1 Å². The quantitative estimate of drug-likeness (QED) is 0.812. The number of ketones is 1. The summed E-state index contributed by atoms with van der Waals surface area (Å²) in [6, 6.07) is 2.04. The van der Waals surface area contributed by atoms with Gasteiger partial charge in [0.15, 0.2) is 0 Å². The van der Waals surface area contributed by atoms with Crippen molar-refractivity contribution in [2.45, 2.75) is 38.4 Å². The van der Waals surface area contributed by atoms with E-state index < -0.39 is 24.7 Å². The van der Waals surface area contributed by atoms with Crippen molar-refractivity contribution in [2.75, 3.05) is 0 Å². The maximum Gasteiger partial charge on any atom is 0.526 e. The first kappa shape index (κ1) is 15.5. The number of carbonyl (C=O) groups excluding carboxylic acids is 1. The van der Waals surface area contributed by atoms with Crippen molar-refractivity contribution in [3.05, 3.63) is 29.1 Å². The van der Waals surface area contributed by atoms with Crippen LogP contribution in [-0.2, 0) is 11.2 Å². The van der Waals surface area contributed by atoms with Gasteiger partial charge < -0.3 is 14.8 Å². The first-order chi connectivity index (χ1) is 9.92. The van der Waals surface area contributed by atoms with E-state index in [0.29, 0.717) is 12.0 Å². The zero-order chi connectivity index (χ0) is 15.6. The number of Topliss-reactive ketones (excluding diaryl/α,β-unsaturated/α-hetero) is 1. The lowest BCUT2D eigenvalue weighted by Gasteiger charge is -2.28. The molecule has 0 amide bonds. The Bertz CT molecular complexity index is 575. The van der Waals surface area contributed by atoms with Crippen molar-refractivity contribution in [3.8, 4) is 5.75 Å². The van der Waals surface area contributed by atoms with Gasteiger partial charge in [-0.2, -0.15) is 0 Å². The van der Waals surface area contributed by atoms with Gasteiger partial charge in [0.2, 0.25) is 0 Å². The minimum atomic E-state index is -1.32. The van der Waals surface area contributed by atoms with Crippen LogP contribution < -0.4 is 4.65 Å². The zero-order valence-electron chi connectivity index (χ0n) is 11.6. The molecule has 7 heteroatoms. The molecule has 0 aromatic heterocycles. The van der Waals surface area contributed by atoms with Crippen LogP contribution in [0.4, 0.5) is 4.39 Å². The molecule has 0 fully saturated rings. The summed E-state index contributed by atoms with van der Waals surface area (Å²) in [6.07, 6.45) is 1.48. The highest BCUT2D eigenvalue weighted by atomic mass is 19.1. The number of hydrogen-bond acceptors (Lipinski definition) is 4. The summed E-state index contributed by atoms with van der Waals surface area (Å²) in [5, 5.41) is 19.0. The van der Waals surface area contributed by atoms with Gasteiger partial charge >= 0.3 is 13.1 Å². The molecule has 0 unspecified atom stereocenters. The number of rotatable bonds is 5. The topological polar surface area (TPSA) is 83.8 Å².